The fraction of sp³-hybridized carbons (Fsp3) is 0.200. The number of amides is 3. The topological polar surface area (TPSA) is 57.6 Å². The van der Waals surface area contributed by atoms with E-state index in [4.69, 9.17) is 0 Å². The van der Waals surface area contributed by atoms with Gasteiger partial charge in [0.1, 0.15) is 18.4 Å². The van der Waals surface area contributed by atoms with Gasteiger partial charge in [-0.15, -0.1) is 0 Å². The Balaban J connectivity index is 1.36. The maximum absolute atomic E-state index is 14.1. The Hall–Kier alpha value is -4.39. The van der Waals surface area contributed by atoms with E-state index in [9.17, 15) is 14.0 Å². The van der Waals surface area contributed by atoms with Crippen LogP contribution in [0.1, 0.15) is 35.7 Å². The SMILES string of the molecule is Cc1ccc(C2c3cccn3-c3ccccc3N2C(=O)CN(C(=O)Nc2cccc(F)c2)C2CC2)cc1. The van der Waals surface area contributed by atoms with Crippen molar-refractivity contribution in [3.8, 4) is 5.69 Å². The molecule has 1 aliphatic heterocycles. The second-order valence-corrected chi connectivity index (χ2v) is 9.67. The van der Waals surface area contributed by atoms with Crippen molar-refractivity contribution in [1.82, 2.24) is 9.47 Å². The molecule has 6 nitrogen and oxygen atoms in total. The number of fused-ring (bicyclic) bond motifs is 3. The van der Waals surface area contributed by atoms with Crippen LogP contribution in [0.4, 0.5) is 20.6 Å². The second kappa shape index (κ2) is 9.24. The molecular formula is C30H27FN4O2. The normalized spacial score (nSPS) is 16.1. The lowest BCUT2D eigenvalue weighted by molar-refractivity contribution is -0.119. The number of aryl methyl sites for hydroxylation is 1. The van der Waals surface area contributed by atoms with Crippen molar-refractivity contribution in [2.75, 3.05) is 16.8 Å². The number of hydrogen-bond acceptors (Lipinski definition) is 2. The van der Waals surface area contributed by atoms with Gasteiger partial charge in [-0.3, -0.25) is 9.69 Å². The van der Waals surface area contributed by atoms with Gasteiger partial charge in [0.15, 0.2) is 0 Å². The van der Waals surface area contributed by atoms with Gasteiger partial charge in [0.2, 0.25) is 5.91 Å². The van der Waals surface area contributed by atoms with E-state index in [0.29, 0.717) is 5.69 Å². The van der Waals surface area contributed by atoms with E-state index < -0.39 is 11.8 Å². The van der Waals surface area contributed by atoms with Gasteiger partial charge in [0.25, 0.3) is 0 Å². The highest BCUT2D eigenvalue weighted by Crippen LogP contribution is 2.42. The summed E-state index contributed by atoms with van der Waals surface area (Å²) in [7, 11) is 0. The number of carbonyl (C=O) groups excluding carboxylic acids is 2. The number of halogens is 1. The molecule has 2 heterocycles. The fourth-order valence-electron chi connectivity index (χ4n) is 5.06. The molecule has 1 unspecified atom stereocenters. The summed E-state index contributed by atoms with van der Waals surface area (Å²) >= 11 is 0. The summed E-state index contributed by atoms with van der Waals surface area (Å²) in [4.78, 5) is 30.8. The van der Waals surface area contributed by atoms with Crippen LogP contribution >= 0.6 is 0 Å². The molecule has 3 aromatic carbocycles. The third-order valence-electron chi connectivity index (χ3n) is 7.01. The zero-order valence-electron chi connectivity index (χ0n) is 20.5. The lowest BCUT2D eigenvalue weighted by Gasteiger charge is -2.39. The van der Waals surface area contributed by atoms with Gasteiger partial charge in [0, 0.05) is 17.9 Å². The predicted octanol–water partition coefficient (Wildman–Crippen LogP) is 6.06. The van der Waals surface area contributed by atoms with Crippen LogP contribution in [0, 0.1) is 12.7 Å². The number of urea groups is 1. The van der Waals surface area contributed by atoms with Gasteiger partial charge in [-0.2, -0.15) is 0 Å². The minimum absolute atomic E-state index is 0.0146. The lowest BCUT2D eigenvalue weighted by Crippen LogP contribution is -2.48. The molecule has 0 bridgehead atoms. The first-order chi connectivity index (χ1) is 18.0. The minimum Gasteiger partial charge on any atom is -0.316 e. The van der Waals surface area contributed by atoms with Gasteiger partial charge >= 0.3 is 6.03 Å². The number of rotatable bonds is 5. The van der Waals surface area contributed by atoms with Gasteiger partial charge in [-0.25, -0.2) is 9.18 Å². The number of para-hydroxylation sites is 2. The molecule has 1 aliphatic carbocycles. The molecule has 7 heteroatoms. The first-order valence-electron chi connectivity index (χ1n) is 12.5. The number of nitrogens with zero attached hydrogens (tertiary/aromatic N) is 3. The largest absolute Gasteiger partial charge is 0.322 e. The number of nitrogens with one attached hydrogen (secondary N) is 1. The van der Waals surface area contributed by atoms with Crippen molar-refractivity contribution >= 4 is 23.3 Å². The van der Waals surface area contributed by atoms with Crippen molar-refractivity contribution in [1.29, 1.82) is 0 Å². The Kier molecular flexibility index (Phi) is 5.75. The van der Waals surface area contributed by atoms with Gasteiger partial charge in [0.05, 0.1) is 17.1 Å². The average Bonchev–Trinajstić information content (AvgIpc) is 3.62. The molecule has 4 aromatic rings. The van der Waals surface area contributed by atoms with E-state index in [1.807, 2.05) is 54.4 Å². The maximum Gasteiger partial charge on any atom is 0.322 e. The van der Waals surface area contributed by atoms with Crippen LogP contribution in [0.2, 0.25) is 0 Å². The molecule has 1 atom stereocenters. The van der Waals surface area contributed by atoms with E-state index in [0.717, 1.165) is 41.0 Å². The molecule has 6 rings (SSSR count). The lowest BCUT2D eigenvalue weighted by atomic mass is 9.97. The van der Waals surface area contributed by atoms with E-state index in [2.05, 4.69) is 34.1 Å². The summed E-state index contributed by atoms with van der Waals surface area (Å²) in [5.41, 5.74) is 5.20. The van der Waals surface area contributed by atoms with Crippen LogP contribution in [0.15, 0.2) is 91.1 Å². The molecule has 186 valence electrons. The zero-order valence-corrected chi connectivity index (χ0v) is 20.5. The Morgan fingerprint density at radius 3 is 2.43 bits per heavy atom. The zero-order chi connectivity index (χ0) is 25.5. The molecule has 1 saturated carbocycles. The molecule has 0 spiro atoms. The van der Waals surface area contributed by atoms with Crippen LogP contribution in [0.5, 0.6) is 0 Å². The first-order valence-corrected chi connectivity index (χ1v) is 12.5. The minimum atomic E-state index is -0.430. The predicted molar refractivity (Wildman–Crippen MR) is 141 cm³/mol. The molecular weight excluding hydrogens is 467 g/mol. The number of carbonyl (C=O) groups is 2. The average molecular weight is 495 g/mol. The second-order valence-electron chi connectivity index (χ2n) is 9.67. The first kappa shape index (κ1) is 23.0. The van der Waals surface area contributed by atoms with Crippen LogP contribution in [-0.4, -0.2) is 34.0 Å². The Morgan fingerprint density at radius 1 is 0.946 bits per heavy atom. The Morgan fingerprint density at radius 2 is 1.70 bits per heavy atom. The van der Waals surface area contributed by atoms with Gasteiger partial charge in [-0.05, 0) is 67.8 Å². The summed E-state index contributed by atoms with van der Waals surface area (Å²) in [6, 6.07) is 25.1. The molecule has 2 aliphatic rings. The van der Waals surface area contributed by atoms with Crippen LogP contribution < -0.4 is 10.2 Å². The van der Waals surface area contributed by atoms with Crippen molar-refractivity contribution in [2.45, 2.75) is 31.8 Å². The van der Waals surface area contributed by atoms with Crippen LogP contribution in [0.25, 0.3) is 5.69 Å². The van der Waals surface area contributed by atoms with E-state index in [-0.39, 0.29) is 24.5 Å². The van der Waals surface area contributed by atoms with Gasteiger partial charge < -0.3 is 14.8 Å². The summed E-state index contributed by atoms with van der Waals surface area (Å²) in [6.45, 7) is 1.96. The maximum atomic E-state index is 14.1. The van der Waals surface area contributed by atoms with Crippen LogP contribution in [-0.2, 0) is 4.79 Å². The fourth-order valence-corrected chi connectivity index (χ4v) is 5.06. The third kappa shape index (κ3) is 4.37. The highest BCUT2D eigenvalue weighted by molar-refractivity contribution is 6.01. The monoisotopic (exact) mass is 494 g/mol. The van der Waals surface area contributed by atoms with E-state index in [1.54, 1.807) is 17.0 Å². The van der Waals surface area contributed by atoms with Crippen molar-refractivity contribution in [2.24, 2.45) is 0 Å². The number of aromatic nitrogens is 1. The van der Waals surface area contributed by atoms with E-state index in [1.165, 1.54) is 12.1 Å². The van der Waals surface area contributed by atoms with Crippen molar-refractivity contribution in [3.63, 3.8) is 0 Å². The number of anilines is 2. The standard InChI is InChI=1S/C30H27FN4O2/c1-20-11-13-21(14-12-20)29-27-10-5-17-33(27)25-8-2-3-9-26(25)35(29)28(36)19-34(24-15-16-24)30(37)32-23-7-4-6-22(31)18-23/h2-14,17-18,24,29H,15-16,19H2,1H3,(H,32,37). The molecule has 37 heavy (non-hydrogen) atoms. The summed E-state index contributed by atoms with van der Waals surface area (Å²) in [5, 5.41) is 2.76. The third-order valence-corrected chi connectivity index (χ3v) is 7.01. The highest BCUT2D eigenvalue weighted by Gasteiger charge is 2.40. The highest BCUT2D eigenvalue weighted by atomic mass is 19.1. The van der Waals surface area contributed by atoms with Crippen molar-refractivity contribution in [3.05, 3.63) is 114 Å². The number of benzene rings is 3. The van der Waals surface area contributed by atoms with Crippen molar-refractivity contribution < 1.29 is 14.0 Å². The molecule has 1 fully saturated rings. The molecule has 1 aromatic heterocycles. The summed E-state index contributed by atoms with van der Waals surface area (Å²) < 4.78 is 15.8. The van der Waals surface area contributed by atoms with Crippen LogP contribution in [0.3, 0.4) is 0 Å². The molecule has 0 saturated heterocycles. The quantitative estimate of drug-likeness (QED) is 0.367. The molecule has 1 N–H and O–H groups in total. The summed E-state index contributed by atoms with van der Waals surface area (Å²) in [5.74, 6) is -0.604. The smallest absolute Gasteiger partial charge is 0.316 e. The Labute approximate surface area is 214 Å². The number of hydrogen-bond donors (Lipinski definition) is 1. The molecule has 3 amide bonds. The molecule has 0 radical (unpaired) electrons. The van der Waals surface area contributed by atoms with Gasteiger partial charge in [-0.1, -0.05) is 48.0 Å². The van der Waals surface area contributed by atoms with E-state index >= 15 is 0 Å². The Bertz CT molecular complexity index is 1470. The summed E-state index contributed by atoms with van der Waals surface area (Å²) in [6.07, 6.45) is 3.69.